The second-order valence-corrected chi connectivity index (χ2v) is 8.57. The second-order valence-electron chi connectivity index (χ2n) is 8.16. The zero-order chi connectivity index (χ0) is 23.4. The zero-order valence-electron chi connectivity index (χ0n) is 18.5. The van der Waals surface area contributed by atoms with Crippen molar-refractivity contribution < 1.29 is 4.79 Å². The fourth-order valence-electron chi connectivity index (χ4n) is 3.71. The predicted molar refractivity (Wildman–Crippen MR) is 126 cm³/mol. The standard InChI is InChI=1S/C23H25ClN8O/c1-15(11-25)28-22(33)17-5-3-16(4-6-17)21-20(24)13-26-23(30-21)29-18-12-27-32(14-18)19-7-9-31(2)10-8-19/h3-6,12-15,19H,7-10H2,1-2H3,(H,28,33)(H,26,29,30)/t15-/m1/s1. The van der Waals surface area contributed by atoms with E-state index in [1.807, 2.05) is 16.9 Å². The highest BCUT2D eigenvalue weighted by Crippen LogP contribution is 2.28. The summed E-state index contributed by atoms with van der Waals surface area (Å²) in [6.07, 6.45) is 7.43. The van der Waals surface area contributed by atoms with Gasteiger partial charge in [-0.15, -0.1) is 0 Å². The van der Waals surface area contributed by atoms with Gasteiger partial charge in [-0.2, -0.15) is 10.4 Å². The molecule has 1 saturated heterocycles. The molecule has 1 aliphatic rings. The molecule has 2 aromatic heterocycles. The Morgan fingerprint density at radius 3 is 2.67 bits per heavy atom. The number of amides is 1. The molecular weight excluding hydrogens is 440 g/mol. The van der Waals surface area contributed by atoms with Crippen LogP contribution in [0.4, 0.5) is 11.6 Å². The first kappa shape index (κ1) is 22.7. The van der Waals surface area contributed by atoms with Crippen molar-refractivity contribution >= 4 is 29.1 Å². The molecule has 0 unspecified atom stereocenters. The summed E-state index contributed by atoms with van der Waals surface area (Å²) < 4.78 is 2.00. The molecule has 4 rings (SSSR count). The van der Waals surface area contributed by atoms with Crippen LogP contribution in [-0.2, 0) is 0 Å². The van der Waals surface area contributed by atoms with Crippen LogP contribution in [0.15, 0.2) is 42.9 Å². The number of rotatable bonds is 6. The van der Waals surface area contributed by atoms with Gasteiger partial charge in [0, 0.05) is 17.3 Å². The molecule has 170 valence electrons. The molecular formula is C23H25ClN8O. The number of anilines is 2. The SMILES string of the molecule is C[C@H](C#N)NC(=O)c1ccc(-c2nc(Nc3cnn(C4CCN(C)CC4)c3)ncc2Cl)cc1. The van der Waals surface area contributed by atoms with Crippen LogP contribution < -0.4 is 10.6 Å². The molecule has 9 nitrogen and oxygen atoms in total. The minimum atomic E-state index is -0.564. The van der Waals surface area contributed by atoms with Crippen molar-refractivity contribution in [3.05, 3.63) is 53.4 Å². The van der Waals surface area contributed by atoms with Crippen LogP contribution in [0.5, 0.6) is 0 Å². The number of nitriles is 1. The number of benzene rings is 1. The third kappa shape index (κ3) is 5.48. The Kier molecular flexibility index (Phi) is 6.87. The first-order valence-corrected chi connectivity index (χ1v) is 11.1. The fourth-order valence-corrected chi connectivity index (χ4v) is 3.91. The Bertz CT molecular complexity index is 1160. The van der Waals surface area contributed by atoms with Crippen molar-refractivity contribution in [2.75, 3.05) is 25.5 Å². The van der Waals surface area contributed by atoms with Gasteiger partial charge in [0.2, 0.25) is 5.95 Å². The molecule has 1 amide bonds. The minimum absolute atomic E-state index is 0.312. The van der Waals surface area contributed by atoms with Crippen LogP contribution in [0.2, 0.25) is 5.02 Å². The Morgan fingerprint density at radius 2 is 1.97 bits per heavy atom. The first-order valence-electron chi connectivity index (χ1n) is 10.8. The van der Waals surface area contributed by atoms with Gasteiger partial charge in [0.1, 0.15) is 6.04 Å². The van der Waals surface area contributed by atoms with Crippen molar-refractivity contribution in [2.45, 2.75) is 31.8 Å². The normalized spacial score (nSPS) is 15.6. The van der Waals surface area contributed by atoms with Gasteiger partial charge in [0.15, 0.2) is 0 Å². The Morgan fingerprint density at radius 1 is 1.24 bits per heavy atom. The third-order valence-corrected chi connectivity index (χ3v) is 5.90. The van der Waals surface area contributed by atoms with E-state index in [1.54, 1.807) is 43.6 Å². The molecule has 0 spiro atoms. The molecule has 3 aromatic rings. The molecule has 10 heteroatoms. The molecule has 0 bridgehead atoms. The van der Waals surface area contributed by atoms with Gasteiger partial charge >= 0.3 is 0 Å². The lowest BCUT2D eigenvalue weighted by atomic mass is 10.1. The van der Waals surface area contributed by atoms with Gasteiger partial charge in [-0.1, -0.05) is 23.7 Å². The summed E-state index contributed by atoms with van der Waals surface area (Å²) in [5.74, 6) is 0.0929. The number of hydrogen-bond acceptors (Lipinski definition) is 7. The molecule has 0 radical (unpaired) electrons. The Hall–Kier alpha value is -3.48. The van der Waals surface area contributed by atoms with Crippen LogP contribution in [0.1, 0.15) is 36.2 Å². The topological polar surface area (TPSA) is 112 Å². The molecule has 0 aliphatic carbocycles. The maximum absolute atomic E-state index is 12.2. The van der Waals surface area contributed by atoms with Crippen molar-refractivity contribution in [1.82, 2.24) is 30.0 Å². The van der Waals surface area contributed by atoms with E-state index >= 15 is 0 Å². The molecule has 3 heterocycles. The van der Waals surface area contributed by atoms with Crippen LogP contribution in [0.25, 0.3) is 11.3 Å². The summed E-state index contributed by atoms with van der Waals surface area (Å²) in [6, 6.07) is 8.68. The highest BCUT2D eigenvalue weighted by Gasteiger charge is 2.19. The van der Waals surface area contributed by atoms with Crippen molar-refractivity contribution in [1.29, 1.82) is 5.26 Å². The van der Waals surface area contributed by atoms with Crippen LogP contribution in [0, 0.1) is 11.3 Å². The first-order chi connectivity index (χ1) is 15.9. The summed E-state index contributed by atoms with van der Waals surface area (Å²) in [5, 5.41) is 19.6. The number of halogens is 1. The van der Waals surface area contributed by atoms with E-state index in [2.05, 4.69) is 37.6 Å². The van der Waals surface area contributed by atoms with E-state index in [4.69, 9.17) is 16.9 Å². The van der Waals surface area contributed by atoms with Gasteiger partial charge in [0.05, 0.1) is 40.9 Å². The molecule has 2 N–H and O–H groups in total. The zero-order valence-corrected chi connectivity index (χ0v) is 19.3. The highest BCUT2D eigenvalue weighted by molar-refractivity contribution is 6.32. The van der Waals surface area contributed by atoms with Gasteiger partial charge in [-0.3, -0.25) is 9.48 Å². The summed E-state index contributed by atoms with van der Waals surface area (Å²) in [5.41, 5.74) is 2.55. The number of aromatic nitrogens is 4. The smallest absolute Gasteiger partial charge is 0.252 e. The fraction of sp³-hybridized carbons (Fsp3) is 0.348. The van der Waals surface area contributed by atoms with Crippen molar-refractivity contribution in [3.8, 4) is 17.3 Å². The lowest BCUT2D eigenvalue weighted by Crippen LogP contribution is -2.31. The number of piperidine rings is 1. The van der Waals surface area contributed by atoms with Crippen LogP contribution >= 0.6 is 11.6 Å². The number of nitrogens with one attached hydrogen (secondary N) is 2. The van der Waals surface area contributed by atoms with Gasteiger partial charge in [-0.05, 0) is 52.0 Å². The maximum Gasteiger partial charge on any atom is 0.252 e. The monoisotopic (exact) mass is 464 g/mol. The molecule has 1 fully saturated rings. The predicted octanol–water partition coefficient (Wildman–Crippen LogP) is 3.65. The van der Waals surface area contributed by atoms with E-state index in [0.29, 0.717) is 28.3 Å². The molecule has 0 saturated carbocycles. The van der Waals surface area contributed by atoms with E-state index < -0.39 is 6.04 Å². The van der Waals surface area contributed by atoms with E-state index in [1.165, 1.54) is 0 Å². The van der Waals surface area contributed by atoms with Gasteiger partial charge < -0.3 is 15.5 Å². The molecule has 1 atom stereocenters. The minimum Gasteiger partial charge on any atom is -0.337 e. The van der Waals surface area contributed by atoms with E-state index in [9.17, 15) is 4.79 Å². The highest BCUT2D eigenvalue weighted by atomic mass is 35.5. The number of carbonyl (C=O) groups is 1. The number of nitrogens with zero attached hydrogens (tertiary/aromatic N) is 6. The lowest BCUT2D eigenvalue weighted by molar-refractivity contribution is 0.0948. The van der Waals surface area contributed by atoms with E-state index in [0.717, 1.165) is 37.2 Å². The summed E-state index contributed by atoms with van der Waals surface area (Å²) in [7, 11) is 2.14. The average Bonchev–Trinajstić information content (AvgIpc) is 3.29. The average molecular weight is 465 g/mol. The quantitative estimate of drug-likeness (QED) is 0.572. The Labute approximate surface area is 197 Å². The lowest BCUT2D eigenvalue weighted by Gasteiger charge is -2.28. The van der Waals surface area contributed by atoms with Gasteiger partial charge in [-0.25, -0.2) is 9.97 Å². The maximum atomic E-state index is 12.2. The Balaban J connectivity index is 1.47. The summed E-state index contributed by atoms with van der Waals surface area (Å²) in [4.78, 5) is 23.4. The van der Waals surface area contributed by atoms with Gasteiger partial charge in [0.25, 0.3) is 5.91 Å². The summed E-state index contributed by atoms with van der Waals surface area (Å²) in [6.45, 7) is 3.75. The molecule has 1 aromatic carbocycles. The van der Waals surface area contributed by atoms with E-state index in [-0.39, 0.29) is 5.91 Å². The second kappa shape index (κ2) is 9.98. The van der Waals surface area contributed by atoms with Crippen LogP contribution in [0.3, 0.4) is 0 Å². The number of likely N-dealkylation sites (tertiary alicyclic amines) is 1. The third-order valence-electron chi connectivity index (χ3n) is 5.63. The number of carbonyl (C=O) groups excluding carboxylic acids is 1. The largest absolute Gasteiger partial charge is 0.337 e. The van der Waals surface area contributed by atoms with Crippen molar-refractivity contribution in [2.24, 2.45) is 0 Å². The van der Waals surface area contributed by atoms with Crippen molar-refractivity contribution in [3.63, 3.8) is 0 Å². The summed E-state index contributed by atoms with van der Waals surface area (Å²) >= 11 is 6.35. The molecule has 33 heavy (non-hydrogen) atoms. The molecule has 1 aliphatic heterocycles. The number of hydrogen-bond donors (Lipinski definition) is 2. The van der Waals surface area contributed by atoms with Crippen LogP contribution in [-0.4, -0.2) is 56.7 Å².